The number of likely N-dealkylation sites (N-methyl/N-ethyl adjacent to an activating group) is 1. The van der Waals surface area contributed by atoms with Crippen molar-refractivity contribution in [3.63, 3.8) is 0 Å². The van der Waals surface area contributed by atoms with E-state index < -0.39 is 4.92 Å². The smallest absolute Gasteiger partial charge is 0.269 e. The highest BCUT2D eigenvalue weighted by atomic mass is 16.6. The van der Waals surface area contributed by atoms with Crippen LogP contribution in [0.1, 0.15) is 61.1 Å². The van der Waals surface area contributed by atoms with Gasteiger partial charge in [0.15, 0.2) is 5.78 Å². The number of nitro groups is 1. The second kappa shape index (κ2) is 12.2. The number of carbonyl (C=O) groups is 1. The molecule has 0 bridgehead atoms. The summed E-state index contributed by atoms with van der Waals surface area (Å²) in [4.78, 5) is 26.3. The Morgan fingerprint density at radius 1 is 1.11 bits per heavy atom. The van der Waals surface area contributed by atoms with Gasteiger partial charge in [-0.05, 0) is 68.8 Å². The number of para-hydroxylation sites is 2. The molecule has 38 heavy (non-hydrogen) atoms. The Bertz CT molecular complexity index is 1450. The number of unbranched alkanes of at least 4 members (excludes halogenated alkanes) is 1. The first-order valence-corrected chi connectivity index (χ1v) is 13.4. The Kier molecular flexibility index (Phi) is 8.73. The summed E-state index contributed by atoms with van der Waals surface area (Å²) in [5, 5.41) is 15.7. The van der Waals surface area contributed by atoms with Crippen molar-refractivity contribution in [2.75, 3.05) is 20.1 Å². The standard InChI is InChI=1S/C30H37N5O3/c1-5-22(2)10-8-9-19-32(4)20-21-33-26-11-6-7-12-27(26)34-30(33)29(23(3)31-34)28(36)18-15-24-13-16-25(17-14-24)35(37)38/h6-7,11-18,22H,5,8-10,19-21H2,1-4H3/b18-15+. The van der Waals surface area contributed by atoms with Crippen molar-refractivity contribution in [3.05, 3.63) is 81.5 Å². The number of fused-ring (bicyclic) bond motifs is 3. The second-order valence-corrected chi connectivity index (χ2v) is 10.2. The largest absolute Gasteiger partial charge is 0.322 e. The molecule has 1 atom stereocenters. The quantitative estimate of drug-likeness (QED) is 0.0663. The number of benzene rings is 2. The third-order valence-electron chi connectivity index (χ3n) is 7.36. The predicted molar refractivity (Wildman–Crippen MR) is 153 cm³/mol. The maximum absolute atomic E-state index is 13.4. The van der Waals surface area contributed by atoms with Gasteiger partial charge in [0.05, 0.1) is 27.2 Å². The maximum Gasteiger partial charge on any atom is 0.269 e. The molecule has 0 saturated carbocycles. The average Bonchev–Trinajstić information content (AvgIpc) is 3.41. The van der Waals surface area contributed by atoms with Crippen LogP contribution in [0.5, 0.6) is 0 Å². The molecule has 200 valence electrons. The summed E-state index contributed by atoms with van der Waals surface area (Å²) in [6, 6.07) is 14.3. The van der Waals surface area contributed by atoms with Crippen LogP contribution in [0.3, 0.4) is 0 Å². The van der Waals surface area contributed by atoms with Gasteiger partial charge < -0.3 is 9.47 Å². The molecule has 0 aliphatic heterocycles. The molecular weight excluding hydrogens is 478 g/mol. The fourth-order valence-electron chi connectivity index (χ4n) is 4.86. The van der Waals surface area contributed by atoms with Gasteiger partial charge in [-0.2, -0.15) is 5.10 Å². The first-order valence-electron chi connectivity index (χ1n) is 13.4. The summed E-state index contributed by atoms with van der Waals surface area (Å²) in [7, 11) is 2.16. The van der Waals surface area contributed by atoms with Crippen molar-refractivity contribution in [2.45, 2.75) is 53.0 Å². The van der Waals surface area contributed by atoms with Gasteiger partial charge in [-0.15, -0.1) is 0 Å². The third kappa shape index (κ3) is 6.02. The minimum atomic E-state index is -0.436. The van der Waals surface area contributed by atoms with Gasteiger partial charge in [0.2, 0.25) is 0 Å². The third-order valence-corrected chi connectivity index (χ3v) is 7.36. The molecule has 8 heteroatoms. The van der Waals surface area contributed by atoms with Crippen LogP contribution in [0.15, 0.2) is 54.6 Å². The van der Waals surface area contributed by atoms with E-state index in [1.54, 1.807) is 18.2 Å². The van der Waals surface area contributed by atoms with Gasteiger partial charge in [-0.1, -0.05) is 51.3 Å². The predicted octanol–water partition coefficient (Wildman–Crippen LogP) is 6.55. The van der Waals surface area contributed by atoms with Crippen LogP contribution in [0.2, 0.25) is 0 Å². The van der Waals surface area contributed by atoms with E-state index >= 15 is 0 Å². The Hall–Kier alpha value is -3.78. The summed E-state index contributed by atoms with van der Waals surface area (Å²) >= 11 is 0. The molecule has 0 radical (unpaired) electrons. The van der Waals surface area contributed by atoms with Gasteiger partial charge in [0.25, 0.3) is 5.69 Å². The van der Waals surface area contributed by atoms with Crippen LogP contribution in [0.25, 0.3) is 22.8 Å². The molecule has 8 nitrogen and oxygen atoms in total. The monoisotopic (exact) mass is 515 g/mol. The van der Waals surface area contributed by atoms with Crippen LogP contribution in [-0.2, 0) is 6.54 Å². The summed E-state index contributed by atoms with van der Waals surface area (Å²) in [6.45, 7) is 9.10. The van der Waals surface area contributed by atoms with E-state index in [1.165, 1.54) is 43.9 Å². The summed E-state index contributed by atoms with van der Waals surface area (Å²) in [5.74, 6) is 0.647. The molecule has 0 aliphatic rings. The molecule has 0 spiro atoms. The van der Waals surface area contributed by atoms with Crippen LogP contribution < -0.4 is 0 Å². The van der Waals surface area contributed by atoms with Gasteiger partial charge in [-0.25, -0.2) is 4.52 Å². The van der Waals surface area contributed by atoms with E-state index in [0.29, 0.717) is 11.3 Å². The fraction of sp³-hybridized carbons (Fsp3) is 0.400. The number of allylic oxidation sites excluding steroid dienone is 1. The highest BCUT2D eigenvalue weighted by Crippen LogP contribution is 2.26. The van der Waals surface area contributed by atoms with E-state index in [0.717, 1.165) is 47.8 Å². The SMILES string of the molecule is CCC(C)CCCCN(C)CCn1c2ccccc2n2nc(C)c(C(=O)/C=C/c3ccc([N+](=O)[O-])cc3)c12. The molecule has 2 aromatic heterocycles. The highest BCUT2D eigenvalue weighted by Gasteiger charge is 2.22. The number of carbonyl (C=O) groups excluding carboxylic acids is 1. The van der Waals surface area contributed by atoms with E-state index in [1.807, 2.05) is 29.6 Å². The average molecular weight is 516 g/mol. The molecule has 2 aromatic carbocycles. The maximum atomic E-state index is 13.4. The van der Waals surface area contributed by atoms with Gasteiger partial charge >= 0.3 is 0 Å². The number of nitro benzene ring substituents is 1. The van der Waals surface area contributed by atoms with E-state index in [2.05, 4.69) is 36.4 Å². The minimum absolute atomic E-state index is 0.0210. The van der Waals surface area contributed by atoms with E-state index in [9.17, 15) is 14.9 Å². The number of imidazole rings is 1. The lowest BCUT2D eigenvalue weighted by Crippen LogP contribution is -2.24. The number of hydrogen-bond acceptors (Lipinski definition) is 5. The van der Waals surface area contributed by atoms with Crippen LogP contribution in [0, 0.1) is 23.0 Å². The molecule has 4 rings (SSSR count). The van der Waals surface area contributed by atoms with Crippen molar-refractivity contribution < 1.29 is 9.72 Å². The molecule has 4 aromatic rings. The molecule has 0 saturated heterocycles. The fourth-order valence-corrected chi connectivity index (χ4v) is 4.86. The Balaban J connectivity index is 1.57. The number of nitrogens with zero attached hydrogens (tertiary/aromatic N) is 5. The lowest BCUT2D eigenvalue weighted by Gasteiger charge is -2.18. The van der Waals surface area contributed by atoms with Gasteiger partial charge in [0.1, 0.15) is 5.65 Å². The molecule has 0 aliphatic carbocycles. The second-order valence-electron chi connectivity index (χ2n) is 10.2. The lowest BCUT2D eigenvalue weighted by molar-refractivity contribution is -0.384. The van der Waals surface area contributed by atoms with Crippen LogP contribution >= 0.6 is 0 Å². The molecule has 2 heterocycles. The van der Waals surface area contributed by atoms with E-state index in [4.69, 9.17) is 5.10 Å². The number of aryl methyl sites for hydroxylation is 1. The van der Waals surface area contributed by atoms with Gasteiger partial charge in [-0.3, -0.25) is 14.9 Å². The zero-order valence-corrected chi connectivity index (χ0v) is 22.8. The molecular formula is C30H37N5O3. The molecule has 0 N–H and O–H groups in total. The van der Waals surface area contributed by atoms with Crippen molar-refractivity contribution >= 4 is 34.2 Å². The van der Waals surface area contributed by atoms with Crippen LogP contribution in [0.4, 0.5) is 5.69 Å². The number of hydrogen-bond donors (Lipinski definition) is 0. The van der Waals surface area contributed by atoms with Crippen molar-refractivity contribution in [2.24, 2.45) is 5.92 Å². The molecule has 0 amide bonds. The number of non-ortho nitro benzene ring substituents is 1. The summed E-state index contributed by atoms with van der Waals surface area (Å²) < 4.78 is 4.09. The first-order chi connectivity index (χ1) is 18.3. The number of rotatable bonds is 13. The van der Waals surface area contributed by atoms with E-state index in [-0.39, 0.29) is 11.5 Å². The van der Waals surface area contributed by atoms with Crippen molar-refractivity contribution in [3.8, 4) is 0 Å². The normalized spacial score (nSPS) is 12.8. The summed E-state index contributed by atoms with van der Waals surface area (Å²) in [6.07, 6.45) is 8.16. The number of ketones is 1. The summed E-state index contributed by atoms with van der Waals surface area (Å²) in [5.41, 5.74) is 4.82. The molecule has 1 unspecified atom stereocenters. The lowest BCUT2D eigenvalue weighted by atomic mass is 10.0. The number of aromatic nitrogens is 3. The highest BCUT2D eigenvalue weighted by molar-refractivity contribution is 6.12. The van der Waals surface area contributed by atoms with Crippen LogP contribution in [-0.4, -0.2) is 49.9 Å². The Labute approximate surface area is 223 Å². The molecule has 0 fully saturated rings. The Morgan fingerprint density at radius 2 is 1.82 bits per heavy atom. The zero-order valence-electron chi connectivity index (χ0n) is 22.8. The van der Waals surface area contributed by atoms with Gasteiger partial charge in [0, 0.05) is 25.2 Å². The van der Waals surface area contributed by atoms with Crippen molar-refractivity contribution in [1.29, 1.82) is 0 Å². The first kappa shape index (κ1) is 27.3. The Morgan fingerprint density at radius 3 is 2.50 bits per heavy atom. The van der Waals surface area contributed by atoms with Crippen molar-refractivity contribution in [1.82, 2.24) is 19.1 Å². The topological polar surface area (TPSA) is 85.7 Å². The minimum Gasteiger partial charge on any atom is -0.322 e. The zero-order chi connectivity index (χ0) is 27.2.